The molecule has 2 aromatic carbocycles. The first kappa shape index (κ1) is 42.0. The summed E-state index contributed by atoms with van der Waals surface area (Å²) in [5.41, 5.74) is 0.366. The second-order valence-electron chi connectivity index (χ2n) is 14.6. The van der Waals surface area contributed by atoms with Crippen LogP contribution in [0.5, 0.6) is 11.6 Å². The van der Waals surface area contributed by atoms with E-state index in [9.17, 15) is 17.6 Å². The lowest BCUT2D eigenvalue weighted by molar-refractivity contribution is -0.0345. The molecule has 292 valence electrons. The Bertz CT molecular complexity index is 1730. The summed E-state index contributed by atoms with van der Waals surface area (Å²) in [6.45, 7) is 17.6. The Balaban J connectivity index is 0.000000541. The topological polar surface area (TPSA) is 142 Å². The van der Waals surface area contributed by atoms with Crippen LogP contribution in [0.4, 0.5) is 10.2 Å². The number of benzene rings is 2. The van der Waals surface area contributed by atoms with Crippen molar-refractivity contribution >= 4 is 21.8 Å². The number of aromatic nitrogens is 3. The van der Waals surface area contributed by atoms with Gasteiger partial charge in [0.05, 0.1) is 17.1 Å². The second kappa shape index (κ2) is 19.0. The highest BCUT2D eigenvalue weighted by atomic mass is 32.2. The number of likely N-dealkylation sites (N-methyl/N-ethyl adjacent to an activating group) is 1. The Morgan fingerprint density at radius 1 is 1.08 bits per heavy atom. The number of carbonyl (C=O) groups excluding carboxylic acids is 1. The van der Waals surface area contributed by atoms with Crippen LogP contribution in [0.2, 0.25) is 0 Å². The largest absolute Gasteiger partial charge is 0.434 e. The predicted molar refractivity (Wildman–Crippen MR) is 202 cm³/mol. The Morgan fingerprint density at radius 2 is 1.79 bits per heavy atom. The Morgan fingerprint density at radius 3 is 2.40 bits per heavy atom. The van der Waals surface area contributed by atoms with Gasteiger partial charge in [0.25, 0.3) is 21.9 Å². The van der Waals surface area contributed by atoms with Crippen molar-refractivity contribution in [1.82, 2.24) is 29.9 Å². The molecule has 2 fully saturated rings. The minimum absolute atomic E-state index is 0.0391. The first-order valence-corrected chi connectivity index (χ1v) is 19.8. The van der Waals surface area contributed by atoms with E-state index < -0.39 is 15.9 Å². The first-order chi connectivity index (χ1) is 25.2. The summed E-state index contributed by atoms with van der Waals surface area (Å²) in [4.78, 5) is 26.7. The van der Waals surface area contributed by atoms with Gasteiger partial charge in [0, 0.05) is 63.9 Å². The molecule has 2 saturated heterocycles. The number of likely N-dealkylation sites (tertiary alicyclic amines) is 1. The van der Waals surface area contributed by atoms with Crippen molar-refractivity contribution in [2.75, 3.05) is 71.5 Å². The number of ether oxygens (including phenoxy) is 2. The molecule has 1 N–H and O–H groups in total. The van der Waals surface area contributed by atoms with Gasteiger partial charge >= 0.3 is 0 Å². The van der Waals surface area contributed by atoms with Crippen molar-refractivity contribution in [2.24, 2.45) is 11.3 Å². The highest BCUT2D eigenvalue weighted by Crippen LogP contribution is 2.44. The van der Waals surface area contributed by atoms with E-state index in [-0.39, 0.29) is 39.5 Å². The van der Waals surface area contributed by atoms with E-state index >= 15 is 0 Å². The van der Waals surface area contributed by atoms with Gasteiger partial charge in [0.2, 0.25) is 0 Å². The van der Waals surface area contributed by atoms with Gasteiger partial charge in [-0.05, 0) is 89.9 Å². The molecule has 0 unspecified atom stereocenters. The normalized spacial score (nSPS) is 16.1. The predicted octanol–water partition coefficient (Wildman–Crippen LogP) is 5.50. The quantitative estimate of drug-likeness (QED) is 0.185. The second-order valence-corrected chi connectivity index (χ2v) is 16.1. The summed E-state index contributed by atoms with van der Waals surface area (Å²) in [7, 11) is -0.0909. The van der Waals surface area contributed by atoms with Gasteiger partial charge < -0.3 is 24.2 Å². The molecule has 1 aromatic heterocycles. The van der Waals surface area contributed by atoms with E-state index in [4.69, 9.17) is 14.0 Å². The van der Waals surface area contributed by atoms with E-state index in [1.54, 1.807) is 30.2 Å². The number of rotatable bonds is 16. The molecule has 0 radical (unpaired) electrons. The summed E-state index contributed by atoms with van der Waals surface area (Å²) in [6, 6.07) is 11.9. The zero-order valence-electron chi connectivity index (χ0n) is 32.1. The van der Waals surface area contributed by atoms with E-state index in [1.807, 2.05) is 20.8 Å². The maximum atomic E-state index is 14.3. The van der Waals surface area contributed by atoms with Crippen LogP contribution in [-0.2, 0) is 14.9 Å². The number of halogens is 1. The fourth-order valence-electron chi connectivity index (χ4n) is 7.19. The van der Waals surface area contributed by atoms with Crippen molar-refractivity contribution in [2.45, 2.75) is 70.9 Å². The molecule has 53 heavy (non-hydrogen) atoms. The van der Waals surface area contributed by atoms with Gasteiger partial charge in [0.15, 0.2) is 5.82 Å². The van der Waals surface area contributed by atoms with Crippen LogP contribution in [0.15, 0.2) is 59.8 Å². The third-order valence-corrected chi connectivity index (χ3v) is 10.9. The fourth-order valence-corrected chi connectivity index (χ4v) is 7.69. The molecule has 0 saturated carbocycles. The molecule has 3 aromatic rings. The first-order valence-electron chi connectivity index (χ1n) is 18.3. The van der Waals surface area contributed by atoms with Crippen LogP contribution in [0.3, 0.4) is 0 Å². The van der Waals surface area contributed by atoms with Gasteiger partial charge in [0.1, 0.15) is 17.9 Å². The van der Waals surface area contributed by atoms with Crippen molar-refractivity contribution in [3.63, 3.8) is 0 Å². The van der Waals surface area contributed by atoms with Crippen LogP contribution in [0, 0.1) is 17.2 Å². The van der Waals surface area contributed by atoms with E-state index in [0.29, 0.717) is 24.3 Å². The van der Waals surface area contributed by atoms with Crippen LogP contribution < -0.4 is 9.64 Å². The lowest BCUT2D eigenvalue weighted by atomic mass is 9.76. The van der Waals surface area contributed by atoms with Crippen LogP contribution in [0.25, 0.3) is 0 Å². The molecule has 2 aliphatic rings. The molecule has 1 amide bonds. The lowest BCUT2D eigenvalue weighted by Crippen LogP contribution is -2.62. The average molecular weight is 758 g/mol. The number of anilines is 1. The molecule has 2 aliphatic heterocycles. The van der Waals surface area contributed by atoms with Gasteiger partial charge in [-0.3, -0.25) is 14.2 Å². The minimum atomic E-state index is -4.00. The number of methoxy groups -OCH3 is 1. The summed E-state index contributed by atoms with van der Waals surface area (Å²) in [5, 5.41) is 8.21. The smallest absolute Gasteiger partial charge is 0.294 e. The fraction of sp³-hybridized carbons (Fsp3) is 0.579. The number of nitrogens with zero attached hydrogens (tertiary/aromatic N) is 7. The van der Waals surface area contributed by atoms with Crippen molar-refractivity contribution in [3.8, 4) is 11.6 Å². The molecule has 5 rings (SSSR count). The zero-order valence-corrected chi connectivity index (χ0v) is 32.9. The summed E-state index contributed by atoms with van der Waals surface area (Å²) < 4.78 is 54.9. The van der Waals surface area contributed by atoms with E-state index in [0.717, 1.165) is 52.3 Å². The Kier molecular flexibility index (Phi) is 15.1. The summed E-state index contributed by atoms with van der Waals surface area (Å²) >= 11 is 0. The average Bonchev–Trinajstić information content (AvgIpc) is 3.56. The summed E-state index contributed by atoms with van der Waals surface area (Å²) in [6.07, 6.45) is 4.85. The molecule has 0 aliphatic carbocycles. The van der Waals surface area contributed by atoms with Gasteiger partial charge in [-0.1, -0.05) is 32.0 Å². The van der Waals surface area contributed by atoms with Crippen molar-refractivity contribution < 1.29 is 31.6 Å². The number of hydrogen-bond acceptors (Lipinski definition) is 11. The monoisotopic (exact) mass is 757 g/mol. The number of hydrogen-bond donors (Lipinski definition) is 1. The van der Waals surface area contributed by atoms with E-state index in [2.05, 4.69) is 50.8 Å². The lowest BCUT2D eigenvalue weighted by Gasteiger charge is -2.53. The third-order valence-electron chi connectivity index (χ3n) is 9.99. The minimum Gasteiger partial charge on any atom is -0.434 e. The van der Waals surface area contributed by atoms with Gasteiger partial charge in [-0.2, -0.15) is 8.42 Å². The highest BCUT2D eigenvalue weighted by Gasteiger charge is 2.50. The third kappa shape index (κ3) is 11.4. The SMILES string of the molecule is CCN(C(=O)c1cc(F)ccc1Oc1nncnc1N1CCC2(C1)CN([C@H](CCCN(C)CCOC)C(C)C)C2)C(C)C.O=S(=O)(O)c1ccccc1. The molecule has 1 atom stereocenters. The highest BCUT2D eigenvalue weighted by molar-refractivity contribution is 7.85. The van der Waals surface area contributed by atoms with Gasteiger partial charge in [-0.15, -0.1) is 10.2 Å². The van der Waals surface area contributed by atoms with Crippen molar-refractivity contribution in [1.29, 1.82) is 0 Å². The Hall–Kier alpha value is -3.76. The molecule has 0 bridgehead atoms. The van der Waals surface area contributed by atoms with Gasteiger partial charge in [-0.25, -0.2) is 9.37 Å². The standard InChI is InChI=1S/C32H50FN7O3.C6H6O3S/c1-8-40(24(4)5)31(41)26-18-25(33)11-12-28(26)43-30-29(34-22-35-36-30)38-15-13-32(19-38)20-39(21-32)27(23(2)3)10-9-14-37(6)16-17-42-7;7-10(8,9)6-4-2-1-3-5-6/h11-12,18,22-24,27H,8-10,13-17,19-21H2,1-7H3;1-5H,(H,7,8,9)/t27-;/m1./s1. The van der Waals surface area contributed by atoms with Crippen LogP contribution in [0.1, 0.15) is 64.2 Å². The zero-order chi connectivity index (χ0) is 38.8. The maximum absolute atomic E-state index is 14.3. The summed E-state index contributed by atoms with van der Waals surface area (Å²) in [5.74, 6) is 0.871. The number of carbonyl (C=O) groups is 1. The molecule has 3 heterocycles. The van der Waals surface area contributed by atoms with Crippen LogP contribution >= 0.6 is 0 Å². The maximum Gasteiger partial charge on any atom is 0.294 e. The van der Waals surface area contributed by atoms with E-state index in [1.165, 1.54) is 49.5 Å². The van der Waals surface area contributed by atoms with Crippen LogP contribution in [-0.4, -0.2) is 127 Å². The Labute approximate surface area is 314 Å². The molecular weight excluding hydrogens is 702 g/mol. The molecule has 1 spiro atoms. The number of amides is 1. The molecular formula is C38H56FN7O6S. The molecule has 13 nitrogen and oxygen atoms in total. The van der Waals surface area contributed by atoms with Crippen molar-refractivity contribution in [3.05, 3.63) is 66.2 Å². The molecule has 15 heteroatoms.